The van der Waals surface area contributed by atoms with Gasteiger partial charge in [0.1, 0.15) is 12.6 Å². The molecule has 1 aliphatic rings. The first-order chi connectivity index (χ1) is 9.22. The van der Waals surface area contributed by atoms with Gasteiger partial charge >= 0.3 is 6.09 Å². The summed E-state index contributed by atoms with van der Waals surface area (Å²) in [6.45, 7) is -0.347. The molecule has 0 saturated heterocycles. The van der Waals surface area contributed by atoms with Crippen LogP contribution in [0.5, 0.6) is 0 Å². The van der Waals surface area contributed by atoms with Gasteiger partial charge in [0, 0.05) is 12.4 Å². The number of carbonyl (C=O) groups excluding carboxylic acids is 2. The number of benzene rings is 1. The summed E-state index contributed by atoms with van der Waals surface area (Å²) in [5.74, 6) is -0.443. The third-order valence-electron chi connectivity index (χ3n) is 2.69. The molecule has 1 aromatic rings. The number of aliphatic hydroxyl groups is 1. The molecule has 100 valence electrons. The minimum atomic E-state index is -0.951. The van der Waals surface area contributed by atoms with Gasteiger partial charge in [-0.15, -0.1) is 0 Å². The molecule has 0 radical (unpaired) electrons. The van der Waals surface area contributed by atoms with E-state index in [1.807, 2.05) is 30.3 Å². The molecule has 19 heavy (non-hydrogen) atoms. The lowest BCUT2D eigenvalue weighted by Gasteiger charge is -2.28. The van der Waals surface area contributed by atoms with Crippen LogP contribution in [0.4, 0.5) is 4.79 Å². The number of hydrogen-bond acceptors (Lipinski definition) is 4. The summed E-state index contributed by atoms with van der Waals surface area (Å²) in [6.07, 6.45) is 2.03. The summed E-state index contributed by atoms with van der Waals surface area (Å²) >= 11 is 0. The molecule has 0 aliphatic carbocycles. The van der Waals surface area contributed by atoms with Gasteiger partial charge in [-0.2, -0.15) is 0 Å². The van der Waals surface area contributed by atoms with Gasteiger partial charge in [-0.3, -0.25) is 9.69 Å². The summed E-state index contributed by atoms with van der Waals surface area (Å²) in [4.78, 5) is 24.4. The molecule has 0 aromatic heterocycles. The number of amides is 2. The number of carbonyl (C=O) groups is 2. The van der Waals surface area contributed by atoms with Gasteiger partial charge in [0.25, 0.3) is 0 Å². The van der Waals surface area contributed by atoms with Gasteiger partial charge < -0.3 is 15.2 Å². The maximum atomic E-state index is 11.8. The lowest BCUT2D eigenvalue weighted by atomic mass is 10.2. The molecular weight excluding hydrogens is 248 g/mol. The van der Waals surface area contributed by atoms with E-state index in [-0.39, 0.29) is 6.61 Å². The third kappa shape index (κ3) is 3.11. The molecule has 2 amide bonds. The van der Waals surface area contributed by atoms with Crippen LogP contribution in [0.1, 0.15) is 5.56 Å². The van der Waals surface area contributed by atoms with Crippen LogP contribution in [0.15, 0.2) is 42.7 Å². The normalized spacial score (nSPS) is 18.1. The van der Waals surface area contributed by atoms with Crippen LogP contribution in [-0.4, -0.2) is 34.7 Å². The maximum absolute atomic E-state index is 11.8. The van der Waals surface area contributed by atoms with Crippen LogP contribution in [0.2, 0.25) is 0 Å². The second-order valence-corrected chi connectivity index (χ2v) is 3.97. The molecule has 0 saturated carbocycles. The quantitative estimate of drug-likeness (QED) is 0.835. The van der Waals surface area contributed by atoms with Crippen LogP contribution >= 0.6 is 0 Å². The molecule has 2 N–H and O–H groups in total. The Balaban J connectivity index is 1.97. The average molecular weight is 262 g/mol. The van der Waals surface area contributed by atoms with Crippen molar-refractivity contribution in [1.82, 2.24) is 10.2 Å². The second-order valence-electron chi connectivity index (χ2n) is 3.97. The van der Waals surface area contributed by atoms with Crippen LogP contribution < -0.4 is 5.32 Å². The van der Waals surface area contributed by atoms with Crippen LogP contribution in [0.25, 0.3) is 0 Å². The predicted molar refractivity (Wildman–Crippen MR) is 66.6 cm³/mol. The Bertz CT molecular complexity index is 487. The Morgan fingerprint density at radius 1 is 1.37 bits per heavy atom. The van der Waals surface area contributed by atoms with Crippen LogP contribution in [-0.2, 0) is 16.1 Å². The molecule has 0 fully saturated rings. The number of rotatable bonds is 3. The number of hydrogen-bond donors (Lipinski definition) is 2. The van der Waals surface area contributed by atoms with Crippen molar-refractivity contribution in [3.8, 4) is 0 Å². The number of aliphatic hydroxyl groups excluding tert-OH is 1. The van der Waals surface area contributed by atoms with Crippen molar-refractivity contribution in [1.29, 1.82) is 0 Å². The zero-order valence-corrected chi connectivity index (χ0v) is 10.2. The first-order valence-corrected chi connectivity index (χ1v) is 5.79. The first kappa shape index (κ1) is 13.1. The smallest absolute Gasteiger partial charge is 0.415 e. The van der Waals surface area contributed by atoms with Crippen LogP contribution in [0, 0.1) is 0 Å². The van der Waals surface area contributed by atoms with Crippen molar-refractivity contribution in [2.75, 3.05) is 6.61 Å². The van der Waals surface area contributed by atoms with Gasteiger partial charge in [-0.05, 0) is 5.56 Å². The number of ether oxygens (including phenoxy) is 1. The molecule has 2 rings (SSSR count). The Morgan fingerprint density at radius 2 is 2.11 bits per heavy atom. The fourth-order valence-electron chi connectivity index (χ4n) is 1.68. The third-order valence-corrected chi connectivity index (χ3v) is 2.69. The molecule has 1 atom stereocenters. The average Bonchev–Trinajstić information content (AvgIpc) is 2.45. The van der Waals surface area contributed by atoms with E-state index >= 15 is 0 Å². The van der Waals surface area contributed by atoms with E-state index in [4.69, 9.17) is 9.84 Å². The highest BCUT2D eigenvalue weighted by molar-refractivity contribution is 5.88. The van der Waals surface area contributed by atoms with E-state index in [0.717, 1.165) is 10.5 Å². The molecule has 6 nitrogen and oxygen atoms in total. The van der Waals surface area contributed by atoms with E-state index in [9.17, 15) is 9.59 Å². The topological polar surface area (TPSA) is 78.9 Å². The van der Waals surface area contributed by atoms with Crippen molar-refractivity contribution < 1.29 is 19.4 Å². The molecule has 1 aromatic carbocycles. The molecular formula is C13H14N2O4. The summed E-state index contributed by atoms with van der Waals surface area (Å²) in [6, 6.07) is 8.26. The monoisotopic (exact) mass is 262 g/mol. The van der Waals surface area contributed by atoms with Crippen molar-refractivity contribution in [2.45, 2.75) is 12.6 Å². The SMILES string of the molecule is O=C1NC=CN(C(=O)OCc2ccccc2)[C@@H]1CO. The van der Waals surface area contributed by atoms with Crippen LogP contribution in [0.3, 0.4) is 0 Å². The van der Waals surface area contributed by atoms with Crippen molar-refractivity contribution >= 4 is 12.0 Å². The zero-order valence-electron chi connectivity index (χ0n) is 10.2. The first-order valence-electron chi connectivity index (χ1n) is 5.79. The highest BCUT2D eigenvalue weighted by Gasteiger charge is 2.30. The van der Waals surface area contributed by atoms with E-state index in [0.29, 0.717) is 0 Å². The van der Waals surface area contributed by atoms with Gasteiger partial charge in [0.05, 0.1) is 6.61 Å². The lowest BCUT2D eigenvalue weighted by Crippen LogP contribution is -2.51. The van der Waals surface area contributed by atoms with Gasteiger partial charge in [0.2, 0.25) is 5.91 Å². The van der Waals surface area contributed by atoms with Crippen molar-refractivity contribution in [3.63, 3.8) is 0 Å². The molecule has 1 aliphatic heterocycles. The fraction of sp³-hybridized carbons (Fsp3) is 0.231. The summed E-state index contributed by atoms with van der Waals surface area (Å²) in [7, 11) is 0. The Kier molecular flexibility index (Phi) is 4.15. The molecule has 1 heterocycles. The van der Waals surface area contributed by atoms with Crippen molar-refractivity contribution in [2.24, 2.45) is 0 Å². The summed E-state index contributed by atoms with van der Waals surface area (Å²) in [5.41, 5.74) is 0.849. The molecule has 0 spiro atoms. The molecule has 0 bridgehead atoms. The fourth-order valence-corrected chi connectivity index (χ4v) is 1.68. The molecule has 6 heteroatoms. The minimum absolute atomic E-state index is 0.115. The number of nitrogens with zero attached hydrogens (tertiary/aromatic N) is 1. The van der Waals surface area contributed by atoms with E-state index < -0.39 is 24.6 Å². The van der Waals surface area contributed by atoms with Gasteiger partial charge in [-0.25, -0.2) is 4.79 Å². The second kappa shape index (κ2) is 6.01. The minimum Gasteiger partial charge on any atom is -0.444 e. The van der Waals surface area contributed by atoms with E-state index in [2.05, 4.69) is 5.32 Å². The van der Waals surface area contributed by atoms with Crippen molar-refractivity contribution in [3.05, 3.63) is 48.3 Å². The summed E-state index contributed by atoms with van der Waals surface area (Å²) in [5, 5.41) is 11.5. The van der Waals surface area contributed by atoms with Gasteiger partial charge in [-0.1, -0.05) is 30.3 Å². The van der Waals surface area contributed by atoms with E-state index in [1.54, 1.807) is 0 Å². The highest BCUT2D eigenvalue weighted by Crippen LogP contribution is 2.09. The Hall–Kier alpha value is -2.34. The maximum Gasteiger partial charge on any atom is 0.415 e. The highest BCUT2D eigenvalue weighted by atomic mass is 16.6. The summed E-state index contributed by atoms with van der Waals surface area (Å²) < 4.78 is 5.09. The number of nitrogens with one attached hydrogen (secondary N) is 1. The van der Waals surface area contributed by atoms with E-state index in [1.165, 1.54) is 12.4 Å². The lowest BCUT2D eigenvalue weighted by molar-refractivity contribution is -0.126. The Labute approximate surface area is 110 Å². The zero-order chi connectivity index (χ0) is 13.7. The predicted octanol–water partition coefficient (Wildman–Crippen LogP) is 0.587. The molecule has 0 unspecified atom stereocenters. The van der Waals surface area contributed by atoms with Gasteiger partial charge in [0.15, 0.2) is 0 Å². The Morgan fingerprint density at radius 3 is 2.79 bits per heavy atom. The largest absolute Gasteiger partial charge is 0.444 e. The standard InChI is InChI=1S/C13H14N2O4/c16-8-11-12(17)14-6-7-15(11)13(18)19-9-10-4-2-1-3-5-10/h1-7,11,16H,8-9H2,(H,14,17)/t11-/m1/s1.